The standard InChI is InChI=1S/C21H28O8/c1-7-28-20(24)17(12(3)22)19(18(13(4)23)21(25)29-8-2)15-11-14(26-5)9-10-16(15)27-6/h9-11,17,19,23H,7-8H2,1-6H3/p-1/b18-13+. The van der Waals surface area contributed by atoms with E-state index in [9.17, 15) is 19.5 Å². The summed E-state index contributed by atoms with van der Waals surface area (Å²) in [5.41, 5.74) is -0.0787. The third-order valence-corrected chi connectivity index (χ3v) is 4.27. The number of methoxy groups -OCH3 is 2. The Bertz CT molecular complexity index is 777. The maximum absolute atomic E-state index is 12.7. The molecule has 0 spiro atoms. The topological polar surface area (TPSA) is 111 Å². The van der Waals surface area contributed by atoms with Crippen LogP contribution in [-0.4, -0.2) is 45.2 Å². The highest BCUT2D eigenvalue weighted by atomic mass is 16.5. The molecule has 0 aliphatic carbocycles. The summed E-state index contributed by atoms with van der Waals surface area (Å²) in [6.45, 7) is 5.60. The molecule has 0 fully saturated rings. The Kier molecular flexibility index (Phi) is 9.18. The lowest BCUT2D eigenvalue weighted by Gasteiger charge is -2.30. The molecule has 1 rings (SSSR count). The van der Waals surface area contributed by atoms with Gasteiger partial charge in [-0.05, 0) is 39.0 Å². The first-order valence-corrected chi connectivity index (χ1v) is 9.17. The molecule has 0 bridgehead atoms. The number of hydrogen-bond acceptors (Lipinski definition) is 8. The fourth-order valence-corrected chi connectivity index (χ4v) is 3.05. The second kappa shape index (κ2) is 11.1. The van der Waals surface area contributed by atoms with Crippen LogP contribution < -0.4 is 14.6 Å². The Hall–Kier alpha value is -3.03. The minimum Gasteiger partial charge on any atom is -0.875 e. The summed E-state index contributed by atoms with van der Waals surface area (Å²) < 4.78 is 20.7. The number of rotatable bonds is 10. The second-order valence-corrected chi connectivity index (χ2v) is 6.12. The Morgan fingerprint density at radius 1 is 1.00 bits per heavy atom. The lowest BCUT2D eigenvalue weighted by atomic mass is 9.77. The molecule has 8 nitrogen and oxygen atoms in total. The Labute approximate surface area is 170 Å². The van der Waals surface area contributed by atoms with E-state index in [2.05, 4.69) is 0 Å². The zero-order valence-corrected chi connectivity index (χ0v) is 17.6. The quantitative estimate of drug-likeness (QED) is 0.250. The molecule has 0 amide bonds. The molecule has 2 unspecified atom stereocenters. The van der Waals surface area contributed by atoms with Crippen LogP contribution in [0.5, 0.6) is 11.5 Å². The molecule has 2 atom stereocenters. The van der Waals surface area contributed by atoms with Crippen molar-refractivity contribution < 1.29 is 38.4 Å². The highest BCUT2D eigenvalue weighted by Gasteiger charge is 2.41. The van der Waals surface area contributed by atoms with Crippen LogP contribution in [0.1, 0.15) is 39.2 Å². The molecule has 0 N–H and O–H groups in total. The molecule has 1 aromatic carbocycles. The van der Waals surface area contributed by atoms with Crippen molar-refractivity contribution in [3.63, 3.8) is 0 Å². The number of hydrogen-bond donors (Lipinski definition) is 0. The number of Topliss-reactive ketones (excluding diaryl/α,β-unsaturated/α-hetero) is 1. The molecule has 0 heterocycles. The van der Waals surface area contributed by atoms with E-state index in [1.165, 1.54) is 34.1 Å². The van der Waals surface area contributed by atoms with E-state index in [1.54, 1.807) is 26.0 Å². The maximum Gasteiger partial charge on any atom is 0.333 e. The van der Waals surface area contributed by atoms with Crippen molar-refractivity contribution in [3.8, 4) is 11.5 Å². The Balaban J connectivity index is 3.87. The highest BCUT2D eigenvalue weighted by Crippen LogP contribution is 2.41. The molecule has 0 aliphatic rings. The summed E-state index contributed by atoms with van der Waals surface area (Å²) in [5.74, 6) is -5.01. The molecule has 29 heavy (non-hydrogen) atoms. The van der Waals surface area contributed by atoms with E-state index in [0.717, 1.165) is 0 Å². The van der Waals surface area contributed by atoms with Crippen molar-refractivity contribution in [1.82, 2.24) is 0 Å². The number of benzene rings is 1. The molecular weight excluding hydrogens is 380 g/mol. The van der Waals surface area contributed by atoms with Crippen LogP contribution in [0, 0.1) is 5.92 Å². The van der Waals surface area contributed by atoms with Crippen LogP contribution in [0.3, 0.4) is 0 Å². The minimum absolute atomic E-state index is 0.0156. The highest BCUT2D eigenvalue weighted by molar-refractivity contribution is 6.02. The number of allylic oxidation sites excluding steroid dienone is 1. The zero-order valence-electron chi connectivity index (χ0n) is 17.6. The predicted molar refractivity (Wildman–Crippen MR) is 102 cm³/mol. The van der Waals surface area contributed by atoms with Gasteiger partial charge < -0.3 is 24.1 Å². The number of esters is 2. The third kappa shape index (κ3) is 5.73. The van der Waals surface area contributed by atoms with Crippen LogP contribution in [-0.2, 0) is 23.9 Å². The van der Waals surface area contributed by atoms with Crippen molar-refractivity contribution in [2.24, 2.45) is 5.92 Å². The SMILES string of the molecule is CCOC(=O)/C(=C(\C)[O-])C(c1cc(OC)ccc1OC)C(C(C)=O)C(=O)OCC. The van der Waals surface area contributed by atoms with Gasteiger partial charge in [-0.25, -0.2) is 4.79 Å². The lowest BCUT2D eigenvalue weighted by Crippen LogP contribution is -2.35. The third-order valence-electron chi connectivity index (χ3n) is 4.27. The fraction of sp³-hybridized carbons (Fsp3) is 0.476. The molecule has 0 saturated heterocycles. The van der Waals surface area contributed by atoms with Crippen molar-refractivity contribution in [1.29, 1.82) is 0 Å². The molecular formula is C21H27O8-. The maximum atomic E-state index is 12.7. The zero-order chi connectivity index (χ0) is 22.1. The smallest absolute Gasteiger partial charge is 0.333 e. The molecule has 8 heteroatoms. The van der Waals surface area contributed by atoms with Crippen LogP contribution in [0.25, 0.3) is 0 Å². The van der Waals surface area contributed by atoms with E-state index in [1.807, 2.05) is 0 Å². The van der Waals surface area contributed by atoms with Gasteiger partial charge in [0.25, 0.3) is 0 Å². The van der Waals surface area contributed by atoms with Gasteiger partial charge in [0.05, 0.1) is 27.4 Å². The molecule has 0 aromatic heterocycles. The van der Waals surface area contributed by atoms with E-state index in [4.69, 9.17) is 18.9 Å². The van der Waals surface area contributed by atoms with E-state index in [0.29, 0.717) is 5.75 Å². The number of carbonyl (C=O) groups is 3. The predicted octanol–water partition coefficient (Wildman–Crippen LogP) is 1.75. The van der Waals surface area contributed by atoms with Crippen molar-refractivity contribution in [2.45, 2.75) is 33.6 Å². The van der Waals surface area contributed by atoms with Gasteiger partial charge in [-0.15, -0.1) is 5.76 Å². The minimum atomic E-state index is -1.45. The number of ether oxygens (including phenoxy) is 4. The van der Waals surface area contributed by atoms with E-state index in [-0.39, 0.29) is 30.1 Å². The van der Waals surface area contributed by atoms with Gasteiger partial charge in [0, 0.05) is 17.1 Å². The van der Waals surface area contributed by atoms with Crippen molar-refractivity contribution in [3.05, 3.63) is 35.1 Å². The van der Waals surface area contributed by atoms with Crippen LogP contribution in [0.4, 0.5) is 0 Å². The van der Waals surface area contributed by atoms with Crippen molar-refractivity contribution >= 4 is 17.7 Å². The van der Waals surface area contributed by atoms with Gasteiger partial charge in [0.15, 0.2) is 0 Å². The largest absolute Gasteiger partial charge is 0.875 e. The average molecular weight is 407 g/mol. The van der Waals surface area contributed by atoms with Gasteiger partial charge in [0.2, 0.25) is 0 Å². The Morgan fingerprint density at radius 3 is 2.07 bits per heavy atom. The normalized spacial score (nSPS) is 13.6. The first kappa shape index (κ1) is 24.0. The number of carbonyl (C=O) groups excluding carboxylic acids is 3. The summed E-state index contributed by atoms with van der Waals surface area (Å²) in [4.78, 5) is 37.8. The molecule has 0 aliphatic heterocycles. The van der Waals surface area contributed by atoms with Gasteiger partial charge >= 0.3 is 11.9 Å². The lowest BCUT2D eigenvalue weighted by molar-refractivity contribution is -0.303. The number of ketones is 1. The molecule has 0 saturated carbocycles. The second-order valence-electron chi connectivity index (χ2n) is 6.12. The molecule has 160 valence electrons. The van der Waals surface area contributed by atoms with Crippen molar-refractivity contribution in [2.75, 3.05) is 27.4 Å². The summed E-state index contributed by atoms with van der Waals surface area (Å²) in [6, 6.07) is 4.69. The van der Waals surface area contributed by atoms with Gasteiger partial charge in [-0.3, -0.25) is 9.59 Å². The van der Waals surface area contributed by atoms with Gasteiger partial charge in [-0.1, -0.05) is 6.92 Å². The Morgan fingerprint density at radius 2 is 1.62 bits per heavy atom. The first-order valence-electron chi connectivity index (χ1n) is 9.17. The summed E-state index contributed by atoms with van der Waals surface area (Å²) in [5, 5.41) is 12.5. The summed E-state index contributed by atoms with van der Waals surface area (Å²) in [7, 11) is 2.84. The van der Waals surface area contributed by atoms with Crippen LogP contribution in [0.2, 0.25) is 0 Å². The monoisotopic (exact) mass is 407 g/mol. The van der Waals surface area contributed by atoms with Gasteiger partial charge in [0.1, 0.15) is 23.2 Å². The summed E-state index contributed by atoms with van der Waals surface area (Å²) >= 11 is 0. The molecule has 1 aromatic rings. The van der Waals surface area contributed by atoms with E-state index < -0.39 is 35.3 Å². The molecule has 0 radical (unpaired) electrons. The summed E-state index contributed by atoms with van der Waals surface area (Å²) in [6.07, 6.45) is 0. The van der Waals surface area contributed by atoms with E-state index >= 15 is 0 Å². The fourth-order valence-electron chi connectivity index (χ4n) is 3.05. The average Bonchev–Trinajstić information content (AvgIpc) is 2.66. The van der Waals surface area contributed by atoms with Crippen LogP contribution in [0.15, 0.2) is 29.5 Å². The van der Waals surface area contributed by atoms with Crippen LogP contribution >= 0.6 is 0 Å². The first-order chi connectivity index (χ1) is 13.7. The van der Waals surface area contributed by atoms with Gasteiger partial charge in [-0.2, -0.15) is 0 Å².